The van der Waals surface area contributed by atoms with Crippen LogP contribution in [0.1, 0.15) is 0 Å². The van der Waals surface area contributed by atoms with Crippen LogP contribution in [0, 0.1) is 0 Å². The van der Waals surface area contributed by atoms with Gasteiger partial charge in [0.2, 0.25) is 0 Å². The number of hydrogen-bond donors (Lipinski definition) is 1. The molecule has 0 bridgehead atoms. The van der Waals surface area contributed by atoms with Crippen molar-refractivity contribution < 1.29 is 4.74 Å². The minimum atomic E-state index is 0.889. The van der Waals surface area contributed by atoms with Crippen molar-refractivity contribution >= 4 is 32.9 Å². The number of nitrogens with zero attached hydrogens (tertiary/aromatic N) is 2. The molecular formula is C14H17N3OS2. The monoisotopic (exact) mass is 307 g/mol. The van der Waals surface area contributed by atoms with Gasteiger partial charge in [-0.25, -0.2) is 4.98 Å². The normalized spacial score (nSPS) is 13.8. The molecule has 1 aliphatic rings. The van der Waals surface area contributed by atoms with E-state index in [0.717, 1.165) is 31.8 Å². The van der Waals surface area contributed by atoms with Crippen LogP contribution in [0.5, 0.6) is 0 Å². The van der Waals surface area contributed by atoms with E-state index in [1.165, 1.54) is 4.70 Å². The molecule has 106 valence electrons. The Kier molecular flexibility index (Phi) is 7.19. The van der Waals surface area contributed by atoms with Gasteiger partial charge in [0.15, 0.2) is 0 Å². The highest BCUT2D eigenvalue weighted by molar-refractivity contribution is 7.16. The highest BCUT2D eigenvalue weighted by Gasteiger charge is 1.93. The summed E-state index contributed by atoms with van der Waals surface area (Å²) in [6.45, 7) is 3.83. The van der Waals surface area contributed by atoms with Gasteiger partial charge in [-0.15, -0.1) is 22.7 Å². The number of para-hydroxylation sites is 1. The third kappa shape index (κ3) is 5.75. The predicted molar refractivity (Wildman–Crippen MR) is 85.4 cm³/mol. The smallest absolute Gasteiger partial charge is 0.0812 e. The summed E-state index contributed by atoms with van der Waals surface area (Å²) in [5.41, 5.74) is 4.76. The average molecular weight is 307 g/mol. The number of thiazole rings is 2. The predicted octanol–water partition coefficient (Wildman–Crippen LogP) is 3.05. The fourth-order valence-corrected chi connectivity index (χ4v) is 2.52. The van der Waals surface area contributed by atoms with Crippen LogP contribution in [-0.4, -0.2) is 36.3 Å². The lowest BCUT2D eigenvalue weighted by molar-refractivity contribution is 0.109. The molecule has 1 aliphatic heterocycles. The van der Waals surface area contributed by atoms with Crippen LogP contribution in [0.15, 0.2) is 46.9 Å². The van der Waals surface area contributed by atoms with Gasteiger partial charge in [0, 0.05) is 24.7 Å². The van der Waals surface area contributed by atoms with Gasteiger partial charge in [-0.05, 0) is 12.1 Å². The van der Waals surface area contributed by atoms with Gasteiger partial charge >= 0.3 is 0 Å². The number of morpholine rings is 1. The fourth-order valence-electron chi connectivity index (χ4n) is 1.49. The molecule has 0 amide bonds. The molecule has 3 heterocycles. The Morgan fingerprint density at radius 3 is 2.45 bits per heavy atom. The lowest BCUT2D eigenvalue weighted by atomic mass is 10.3. The molecule has 1 N–H and O–H groups in total. The molecule has 0 radical (unpaired) electrons. The standard InChI is InChI=1S/C7H5NS.C4H9NO.C3H3NS/c1-2-4-7-6(3-1)8-5-9-7;1-3-6-4-2-5-1;1-2-5-3-4-1/h1-5H;5H,1-4H2;1-3H. The van der Waals surface area contributed by atoms with E-state index < -0.39 is 0 Å². The topological polar surface area (TPSA) is 47.0 Å². The largest absolute Gasteiger partial charge is 0.379 e. The molecule has 0 spiro atoms. The summed E-state index contributed by atoms with van der Waals surface area (Å²) >= 11 is 3.28. The van der Waals surface area contributed by atoms with E-state index in [-0.39, 0.29) is 0 Å². The van der Waals surface area contributed by atoms with Crippen molar-refractivity contribution in [3.05, 3.63) is 46.9 Å². The van der Waals surface area contributed by atoms with Gasteiger partial charge in [0.05, 0.1) is 34.5 Å². The minimum absolute atomic E-state index is 0.889. The Balaban J connectivity index is 0.000000117. The third-order valence-electron chi connectivity index (χ3n) is 2.43. The highest BCUT2D eigenvalue weighted by atomic mass is 32.1. The quantitative estimate of drug-likeness (QED) is 0.693. The van der Waals surface area contributed by atoms with Crippen molar-refractivity contribution in [3.63, 3.8) is 0 Å². The summed E-state index contributed by atoms with van der Waals surface area (Å²) in [5.74, 6) is 0. The van der Waals surface area contributed by atoms with E-state index in [4.69, 9.17) is 4.74 Å². The van der Waals surface area contributed by atoms with Gasteiger partial charge in [0.1, 0.15) is 0 Å². The second kappa shape index (κ2) is 9.55. The first kappa shape index (κ1) is 15.1. The zero-order valence-corrected chi connectivity index (χ0v) is 12.7. The molecule has 1 fully saturated rings. The summed E-state index contributed by atoms with van der Waals surface area (Å²) in [6.07, 6.45) is 1.77. The Hall–Kier alpha value is -1.34. The Bertz CT molecular complexity index is 506. The van der Waals surface area contributed by atoms with Crippen LogP contribution in [0.25, 0.3) is 10.2 Å². The van der Waals surface area contributed by atoms with Crippen molar-refractivity contribution in [2.75, 3.05) is 26.3 Å². The molecule has 20 heavy (non-hydrogen) atoms. The van der Waals surface area contributed by atoms with Crippen LogP contribution < -0.4 is 5.32 Å². The first-order valence-corrected chi connectivity index (χ1v) is 8.18. The Morgan fingerprint density at radius 2 is 1.95 bits per heavy atom. The van der Waals surface area contributed by atoms with Crippen molar-refractivity contribution in [3.8, 4) is 0 Å². The van der Waals surface area contributed by atoms with E-state index in [1.54, 1.807) is 34.4 Å². The molecule has 3 aromatic rings. The van der Waals surface area contributed by atoms with E-state index >= 15 is 0 Å². The lowest BCUT2D eigenvalue weighted by Crippen LogP contribution is -2.30. The molecular weight excluding hydrogens is 290 g/mol. The molecule has 2 aromatic heterocycles. The maximum Gasteiger partial charge on any atom is 0.0812 e. The number of rotatable bonds is 0. The van der Waals surface area contributed by atoms with Gasteiger partial charge in [-0.2, -0.15) is 0 Å². The first-order chi connectivity index (χ1) is 9.97. The summed E-state index contributed by atoms with van der Waals surface area (Å²) < 4.78 is 6.27. The summed E-state index contributed by atoms with van der Waals surface area (Å²) in [4.78, 5) is 7.88. The Morgan fingerprint density at radius 1 is 1.10 bits per heavy atom. The minimum Gasteiger partial charge on any atom is -0.379 e. The van der Waals surface area contributed by atoms with Crippen molar-refractivity contribution in [2.45, 2.75) is 0 Å². The van der Waals surface area contributed by atoms with E-state index in [1.807, 2.05) is 29.1 Å². The van der Waals surface area contributed by atoms with Gasteiger partial charge in [-0.1, -0.05) is 12.1 Å². The zero-order valence-electron chi connectivity index (χ0n) is 11.1. The maximum absolute atomic E-state index is 5.01. The van der Waals surface area contributed by atoms with Gasteiger partial charge < -0.3 is 10.1 Å². The number of benzene rings is 1. The summed E-state index contributed by atoms with van der Waals surface area (Å²) in [7, 11) is 0. The van der Waals surface area contributed by atoms with E-state index in [0.29, 0.717) is 0 Å². The summed E-state index contributed by atoms with van der Waals surface area (Å²) in [5, 5.41) is 5.09. The number of fused-ring (bicyclic) bond motifs is 1. The molecule has 0 saturated carbocycles. The van der Waals surface area contributed by atoms with Crippen LogP contribution >= 0.6 is 22.7 Å². The fraction of sp³-hybridized carbons (Fsp3) is 0.286. The molecule has 1 aromatic carbocycles. The average Bonchev–Trinajstić information content (AvgIpc) is 3.24. The molecule has 1 saturated heterocycles. The molecule has 6 heteroatoms. The van der Waals surface area contributed by atoms with Crippen molar-refractivity contribution in [2.24, 2.45) is 0 Å². The number of ether oxygens (including phenoxy) is 1. The van der Waals surface area contributed by atoms with Crippen LogP contribution in [0.2, 0.25) is 0 Å². The maximum atomic E-state index is 5.01. The van der Waals surface area contributed by atoms with Gasteiger partial charge in [0.25, 0.3) is 0 Å². The SMILES string of the molecule is C1COCCN1.c1ccc2scnc2c1.c1cscn1. The van der Waals surface area contributed by atoms with Crippen molar-refractivity contribution in [1.82, 2.24) is 15.3 Å². The highest BCUT2D eigenvalue weighted by Crippen LogP contribution is 2.15. The first-order valence-electron chi connectivity index (χ1n) is 6.35. The van der Waals surface area contributed by atoms with Crippen molar-refractivity contribution in [1.29, 1.82) is 0 Å². The molecule has 4 nitrogen and oxygen atoms in total. The number of hydrogen-bond acceptors (Lipinski definition) is 6. The lowest BCUT2D eigenvalue weighted by Gasteiger charge is -2.10. The molecule has 0 aliphatic carbocycles. The molecule has 0 unspecified atom stereocenters. The molecule has 0 atom stereocenters. The number of aromatic nitrogens is 2. The molecule has 4 rings (SSSR count). The van der Waals surface area contributed by atoms with Crippen LogP contribution in [0.3, 0.4) is 0 Å². The van der Waals surface area contributed by atoms with Gasteiger partial charge in [-0.3, -0.25) is 4.98 Å². The third-order valence-corrected chi connectivity index (χ3v) is 3.76. The number of nitrogens with one attached hydrogen (secondary N) is 1. The van der Waals surface area contributed by atoms with E-state index in [2.05, 4.69) is 21.4 Å². The van der Waals surface area contributed by atoms with Crippen LogP contribution in [0.4, 0.5) is 0 Å². The van der Waals surface area contributed by atoms with Crippen LogP contribution in [-0.2, 0) is 4.74 Å². The van der Waals surface area contributed by atoms with E-state index in [9.17, 15) is 0 Å². The summed E-state index contributed by atoms with van der Waals surface area (Å²) in [6, 6.07) is 8.13. The Labute approximate surface area is 126 Å². The second-order valence-corrected chi connectivity index (χ2v) is 5.50. The zero-order chi connectivity index (χ0) is 13.9. The second-order valence-electron chi connectivity index (χ2n) is 3.86.